The molecule has 0 saturated carbocycles. The highest BCUT2D eigenvalue weighted by molar-refractivity contribution is 5.66. The smallest absolute Gasteiger partial charge is 0.168 e. The zero-order chi connectivity index (χ0) is 17.9. The van der Waals surface area contributed by atoms with Gasteiger partial charge in [0, 0.05) is 37.6 Å². The molecule has 2 aliphatic heterocycles. The van der Waals surface area contributed by atoms with E-state index in [1.165, 1.54) is 25.0 Å². The van der Waals surface area contributed by atoms with Crippen LogP contribution in [0, 0.1) is 12.8 Å². The summed E-state index contributed by atoms with van der Waals surface area (Å²) in [6.07, 6.45) is 8.81. The molecule has 1 aromatic heterocycles. The van der Waals surface area contributed by atoms with Gasteiger partial charge in [0.05, 0.1) is 7.11 Å². The SMILES string of the molecule is COc1cccc2c1OCC(CN1CCC[C@H](Cn3ccnc3C)C1)=C2. The molecule has 0 amide bonds. The number of ether oxygens (including phenoxy) is 2. The van der Waals surface area contributed by atoms with Gasteiger partial charge in [0.25, 0.3) is 0 Å². The summed E-state index contributed by atoms with van der Waals surface area (Å²) < 4.78 is 13.7. The lowest BCUT2D eigenvalue weighted by atomic mass is 9.97. The zero-order valence-electron chi connectivity index (χ0n) is 15.6. The van der Waals surface area contributed by atoms with Gasteiger partial charge in [-0.2, -0.15) is 0 Å². The number of hydrogen-bond acceptors (Lipinski definition) is 4. The van der Waals surface area contributed by atoms with Crippen molar-refractivity contribution in [3.63, 3.8) is 0 Å². The molecule has 2 aliphatic rings. The van der Waals surface area contributed by atoms with E-state index in [9.17, 15) is 0 Å². The highest BCUT2D eigenvalue weighted by atomic mass is 16.5. The molecule has 1 atom stereocenters. The number of aromatic nitrogens is 2. The lowest BCUT2D eigenvalue weighted by Gasteiger charge is -2.34. The van der Waals surface area contributed by atoms with E-state index in [0.717, 1.165) is 42.5 Å². The molecule has 5 nitrogen and oxygen atoms in total. The van der Waals surface area contributed by atoms with Crippen molar-refractivity contribution in [2.24, 2.45) is 5.92 Å². The van der Waals surface area contributed by atoms with Crippen molar-refractivity contribution < 1.29 is 9.47 Å². The summed E-state index contributed by atoms with van der Waals surface area (Å²) in [5.74, 6) is 3.47. The molecule has 0 N–H and O–H groups in total. The summed E-state index contributed by atoms with van der Waals surface area (Å²) in [5.41, 5.74) is 2.46. The number of hydrogen-bond donors (Lipinski definition) is 0. The van der Waals surface area contributed by atoms with Crippen LogP contribution < -0.4 is 9.47 Å². The molecule has 0 aliphatic carbocycles. The molecule has 2 aromatic rings. The van der Waals surface area contributed by atoms with Crippen LogP contribution in [0.3, 0.4) is 0 Å². The molecule has 5 heteroatoms. The van der Waals surface area contributed by atoms with Crippen molar-refractivity contribution in [1.82, 2.24) is 14.5 Å². The van der Waals surface area contributed by atoms with Crippen LogP contribution in [0.15, 0.2) is 36.2 Å². The molecule has 138 valence electrons. The Bertz CT molecular complexity index is 796. The van der Waals surface area contributed by atoms with Crippen LogP contribution in [0.1, 0.15) is 24.2 Å². The summed E-state index contributed by atoms with van der Waals surface area (Å²) in [6.45, 7) is 7.08. The molecule has 4 rings (SSSR count). The summed E-state index contributed by atoms with van der Waals surface area (Å²) in [6, 6.07) is 6.06. The molecule has 0 radical (unpaired) electrons. The van der Waals surface area contributed by atoms with Crippen molar-refractivity contribution in [3.05, 3.63) is 47.6 Å². The maximum atomic E-state index is 6.00. The van der Waals surface area contributed by atoms with Crippen molar-refractivity contribution in [3.8, 4) is 11.5 Å². The topological polar surface area (TPSA) is 39.5 Å². The van der Waals surface area contributed by atoms with E-state index in [4.69, 9.17) is 9.47 Å². The first kappa shape index (κ1) is 17.2. The highest BCUT2D eigenvalue weighted by Crippen LogP contribution is 2.35. The van der Waals surface area contributed by atoms with E-state index in [0.29, 0.717) is 12.5 Å². The Morgan fingerprint density at radius 1 is 1.35 bits per heavy atom. The van der Waals surface area contributed by atoms with Crippen molar-refractivity contribution >= 4 is 6.08 Å². The van der Waals surface area contributed by atoms with E-state index >= 15 is 0 Å². The fourth-order valence-electron chi connectivity index (χ4n) is 4.09. The van der Waals surface area contributed by atoms with Crippen LogP contribution in [-0.2, 0) is 6.54 Å². The fourth-order valence-corrected chi connectivity index (χ4v) is 4.09. The molecule has 3 heterocycles. The van der Waals surface area contributed by atoms with Crippen molar-refractivity contribution in [2.45, 2.75) is 26.3 Å². The fraction of sp³-hybridized carbons (Fsp3) is 0.476. The maximum Gasteiger partial charge on any atom is 0.168 e. The number of para-hydroxylation sites is 1. The molecule has 0 spiro atoms. The number of fused-ring (bicyclic) bond motifs is 1. The first-order valence-electron chi connectivity index (χ1n) is 9.42. The average molecular weight is 353 g/mol. The van der Waals surface area contributed by atoms with Crippen LogP contribution in [0.25, 0.3) is 6.08 Å². The van der Waals surface area contributed by atoms with Crippen LogP contribution in [0.5, 0.6) is 11.5 Å². The number of imidazole rings is 1. The third kappa shape index (κ3) is 3.63. The van der Waals surface area contributed by atoms with E-state index < -0.39 is 0 Å². The van der Waals surface area contributed by atoms with Gasteiger partial charge in [-0.1, -0.05) is 12.1 Å². The van der Waals surface area contributed by atoms with Gasteiger partial charge in [-0.15, -0.1) is 0 Å². The Balaban J connectivity index is 1.41. The molecular formula is C21H27N3O2. The highest BCUT2D eigenvalue weighted by Gasteiger charge is 2.23. The second-order valence-electron chi connectivity index (χ2n) is 7.34. The number of likely N-dealkylation sites (tertiary alicyclic amines) is 1. The van der Waals surface area contributed by atoms with Gasteiger partial charge in [-0.05, 0) is 49.9 Å². The van der Waals surface area contributed by atoms with Gasteiger partial charge in [0.1, 0.15) is 12.4 Å². The van der Waals surface area contributed by atoms with Gasteiger partial charge in [-0.25, -0.2) is 4.98 Å². The van der Waals surface area contributed by atoms with E-state index in [2.05, 4.69) is 39.7 Å². The van der Waals surface area contributed by atoms with Gasteiger partial charge in [0.15, 0.2) is 11.5 Å². The minimum absolute atomic E-state index is 0.648. The molecule has 1 aromatic carbocycles. The Labute approximate surface area is 155 Å². The van der Waals surface area contributed by atoms with Crippen molar-refractivity contribution in [1.29, 1.82) is 0 Å². The standard InChI is InChI=1S/C21H27N3O2/c1-16-22-8-10-24(16)14-17-5-4-9-23(12-17)13-18-11-19-6-3-7-20(25-2)21(19)26-15-18/h3,6-8,10-11,17H,4-5,9,12-15H2,1-2H3/t17-/m0/s1. The predicted molar refractivity (Wildman–Crippen MR) is 103 cm³/mol. The zero-order valence-corrected chi connectivity index (χ0v) is 15.6. The second-order valence-corrected chi connectivity index (χ2v) is 7.34. The van der Waals surface area contributed by atoms with Gasteiger partial charge in [-0.3, -0.25) is 4.90 Å². The van der Waals surface area contributed by atoms with Crippen LogP contribution in [0.2, 0.25) is 0 Å². The molecular weight excluding hydrogens is 326 g/mol. The van der Waals surface area contributed by atoms with E-state index in [1.807, 2.05) is 18.3 Å². The largest absolute Gasteiger partial charge is 0.493 e. The molecule has 26 heavy (non-hydrogen) atoms. The molecule has 0 bridgehead atoms. The molecule has 1 fully saturated rings. The van der Waals surface area contributed by atoms with Crippen molar-refractivity contribution in [2.75, 3.05) is 33.4 Å². The minimum atomic E-state index is 0.648. The summed E-state index contributed by atoms with van der Waals surface area (Å²) in [5, 5.41) is 0. The summed E-state index contributed by atoms with van der Waals surface area (Å²) >= 11 is 0. The monoisotopic (exact) mass is 353 g/mol. The Morgan fingerprint density at radius 2 is 2.27 bits per heavy atom. The van der Waals surface area contributed by atoms with Crippen LogP contribution in [0.4, 0.5) is 0 Å². The first-order valence-corrected chi connectivity index (χ1v) is 9.42. The van der Waals surface area contributed by atoms with Gasteiger partial charge >= 0.3 is 0 Å². The predicted octanol–water partition coefficient (Wildman–Crippen LogP) is 3.39. The third-order valence-electron chi connectivity index (χ3n) is 5.40. The number of piperidine rings is 1. The minimum Gasteiger partial charge on any atom is -0.493 e. The quantitative estimate of drug-likeness (QED) is 0.826. The summed E-state index contributed by atoms with van der Waals surface area (Å²) in [4.78, 5) is 6.91. The molecule has 1 saturated heterocycles. The Kier molecular flexibility index (Phi) is 4.98. The Morgan fingerprint density at radius 3 is 3.08 bits per heavy atom. The number of rotatable bonds is 5. The third-order valence-corrected chi connectivity index (χ3v) is 5.40. The number of aryl methyl sites for hydroxylation is 1. The van der Waals surface area contributed by atoms with E-state index in [1.54, 1.807) is 7.11 Å². The second kappa shape index (κ2) is 7.54. The first-order chi connectivity index (χ1) is 12.7. The normalized spacial score (nSPS) is 20.2. The number of nitrogens with zero attached hydrogens (tertiary/aromatic N) is 3. The van der Waals surface area contributed by atoms with Gasteiger partial charge < -0.3 is 14.0 Å². The molecule has 0 unspecified atom stereocenters. The lowest BCUT2D eigenvalue weighted by Crippen LogP contribution is -2.39. The van der Waals surface area contributed by atoms with Crippen LogP contribution >= 0.6 is 0 Å². The number of methoxy groups -OCH3 is 1. The number of benzene rings is 1. The Hall–Kier alpha value is -2.27. The van der Waals surface area contributed by atoms with Crippen LogP contribution in [-0.4, -0.2) is 47.8 Å². The lowest BCUT2D eigenvalue weighted by molar-refractivity contribution is 0.169. The average Bonchev–Trinajstić information content (AvgIpc) is 3.06. The summed E-state index contributed by atoms with van der Waals surface area (Å²) in [7, 11) is 1.69. The van der Waals surface area contributed by atoms with Gasteiger partial charge in [0.2, 0.25) is 0 Å². The maximum absolute atomic E-state index is 6.00. The van der Waals surface area contributed by atoms with E-state index in [-0.39, 0.29) is 0 Å².